The van der Waals surface area contributed by atoms with Crippen molar-refractivity contribution < 1.29 is 19.1 Å². The highest BCUT2D eigenvalue weighted by molar-refractivity contribution is 5.99. The number of carbonyl (C=O) groups is 2. The van der Waals surface area contributed by atoms with Crippen LogP contribution in [0.2, 0.25) is 0 Å². The summed E-state index contributed by atoms with van der Waals surface area (Å²) in [6, 6.07) is 0. The highest BCUT2D eigenvalue weighted by Crippen LogP contribution is 2.41. The van der Waals surface area contributed by atoms with Gasteiger partial charge in [-0.1, -0.05) is 0 Å². The minimum absolute atomic E-state index is 0.138. The number of hydrogen-bond acceptors (Lipinski definition) is 4. The maximum Gasteiger partial charge on any atom is 0.417 e. The van der Waals surface area contributed by atoms with E-state index in [0.717, 1.165) is 12.8 Å². The minimum Gasteiger partial charge on any atom is -0.443 e. The van der Waals surface area contributed by atoms with Gasteiger partial charge in [-0.05, 0) is 33.6 Å². The SMILES string of the molecule is CC(C)(C)OC(=O)N1C(=O)CC12CCOCC2. The summed E-state index contributed by atoms with van der Waals surface area (Å²) in [5.74, 6) is -0.138. The first-order chi connectivity index (χ1) is 7.84. The first kappa shape index (κ1) is 12.4. The third kappa shape index (κ3) is 2.29. The molecule has 1 spiro atoms. The van der Waals surface area contributed by atoms with Crippen LogP contribution in [-0.4, -0.2) is 41.3 Å². The van der Waals surface area contributed by atoms with E-state index in [4.69, 9.17) is 9.47 Å². The number of rotatable bonds is 0. The Balaban J connectivity index is 2.07. The molecule has 0 aromatic rings. The van der Waals surface area contributed by atoms with Crippen LogP contribution < -0.4 is 0 Å². The molecule has 2 saturated heterocycles. The van der Waals surface area contributed by atoms with E-state index >= 15 is 0 Å². The lowest BCUT2D eigenvalue weighted by atomic mass is 9.78. The van der Waals surface area contributed by atoms with Gasteiger partial charge in [-0.3, -0.25) is 4.79 Å². The Labute approximate surface area is 101 Å². The van der Waals surface area contributed by atoms with Crippen LogP contribution in [0, 0.1) is 0 Å². The molecule has 5 nitrogen and oxygen atoms in total. The first-order valence-corrected chi connectivity index (χ1v) is 5.98. The minimum atomic E-state index is -0.570. The summed E-state index contributed by atoms with van der Waals surface area (Å²) < 4.78 is 10.5. The molecule has 0 aliphatic carbocycles. The van der Waals surface area contributed by atoms with Gasteiger partial charge in [-0.2, -0.15) is 0 Å². The maximum absolute atomic E-state index is 12.0. The summed E-state index contributed by atoms with van der Waals surface area (Å²) >= 11 is 0. The van der Waals surface area contributed by atoms with Crippen molar-refractivity contribution in [2.24, 2.45) is 0 Å². The fourth-order valence-electron chi connectivity index (χ4n) is 2.37. The highest BCUT2D eigenvalue weighted by atomic mass is 16.6. The number of carbonyl (C=O) groups excluding carboxylic acids is 2. The number of nitrogens with zero attached hydrogens (tertiary/aromatic N) is 1. The van der Waals surface area contributed by atoms with E-state index in [-0.39, 0.29) is 11.4 Å². The average Bonchev–Trinajstić information content (AvgIpc) is 2.14. The lowest BCUT2D eigenvalue weighted by molar-refractivity contribution is -0.162. The van der Waals surface area contributed by atoms with Gasteiger partial charge in [0.05, 0.1) is 12.0 Å². The summed E-state index contributed by atoms with van der Waals surface area (Å²) in [6.45, 7) is 6.60. The van der Waals surface area contributed by atoms with Gasteiger partial charge >= 0.3 is 6.09 Å². The topological polar surface area (TPSA) is 55.8 Å². The Morgan fingerprint density at radius 2 is 1.94 bits per heavy atom. The fraction of sp³-hybridized carbons (Fsp3) is 0.833. The van der Waals surface area contributed by atoms with E-state index in [1.165, 1.54) is 4.90 Å². The largest absolute Gasteiger partial charge is 0.443 e. The monoisotopic (exact) mass is 241 g/mol. The van der Waals surface area contributed by atoms with Crippen molar-refractivity contribution in [3.63, 3.8) is 0 Å². The van der Waals surface area contributed by atoms with E-state index in [9.17, 15) is 9.59 Å². The second kappa shape index (κ2) is 3.98. The van der Waals surface area contributed by atoms with Crippen molar-refractivity contribution in [3.8, 4) is 0 Å². The van der Waals surface area contributed by atoms with Crippen molar-refractivity contribution in [2.45, 2.75) is 51.2 Å². The zero-order chi connectivity index (χ0) is 12.7. The van der Waals surface area contributed by atoms with Crippen LogP contribution in [0.3, 0.4) is 0 Å². The predicted molar refractivity (Wildman–Crippen MR) is 60.5 cm³/mol. The highest BCUT2D eigenvalue weighted by Gasteiger charge is 2.55. The zero-order valence-electron chi connectivity index (χ0n) is 10.6. The van der Waals surface area contributed by atoms with Crippen molar-refractivity contribution in [2.75, 3.05) is 13.2 Å². The Morgan fingerprint density at radius 1 is 1.35 bits per heavy atom. The van der Waals surface area contributed by atoms with Crippen molar-refractivity contribution >= 4 is 12.0 Å². The van der Waals surface area contributed by atoms with Gasteiger partial charge in [0.25, 0.3) is 0 Å². The molecule has 17 heavy (non-hydrogen) atoms. The van der Waals surface area contributed by atoms with Gasteiger partial charge in [0.1, 0.15) is 5.60 Å². The molecule has 0 aromatic heterocycles. The van der Waals surface area contributed by atoms with Crippen molar-refractivity contribution in [1.82, 2.24) is 4.90 Å². The van der Waals surface area contributed by atoms with Gasteiger partial charge in [-0.25, -0.2) is 9.69 Å². The molecule has 5 heteroatoms. The van der Waals surface area contributed by atoms with Gasteiger partial charge in [0, 0.05) is 13.2 Å². The Hall–Kier alpha value is -1.10. The quantitative estimate of drug-likeness (QED) is 0.606. The molecule has 2 rings (SSSR count). The second-order valence-corrected chi connectivity index (χ2v) is 5.72. The molecule has 0 atom stereocenters. The lowest BCUT2D eigenvalue weighted by Crippen LogP contribution is -2.67. The number of hydrogen-bond donors (Lipinski definition) is 0. The average molecular weight is 241 g/mol. The van der Waals surface area contributed by atoms with Crippen LogP contribution >= 0.6 is 0 Å². The molecule has 2 heterocycles. The van der Waals surface area contributed by atoms with Gasteiger partial charge in [0.2, 0.25) is 5.91 Å². The molecule has 0 bridgehead atoms. The molecule has 2 fully saturated rings. The molecule has 96 valence electrons. The predicted octanol–water partition coefficient (Wildman–Crippen LogP) is 1.70. The van der Waals surface area contributed by atoms with E-state index < -0.39 is 11.7 Å². The van der Waals surface area contributed by atoms with Crippen LogP contribution in [-0.2, 0) is 14.3 Å². The molecule has 2 aliphatic rings. The number of β-lactam (4-membered cyclic amide) rings is 1. The van der Waals surface area contributed by atoms with Gasteiger partial charge in [-0.15, -0.1) is 0 Å². The molecule has 0 N–H and O–H groups in total. The van der Waals surface area contributed by atoms with Crippen LogP contribution in [0.5, 0.6) is 0 Å². The van der Waals surface area contributed by atoms with Crippen LogP contribution in [0.25, 0.3) is 0 Å². The second-order valence-electron chi connectivity index (χ2n) is 5.72. The summed E-state index contributed by atoms with van der Waals surface area (Å²) in [4.78, 5) is 24.9. The van der Waals surface area contributed by atoms with Crippen LogP contribution in [0.15, 0.2) is 0 Å². The first-order valence-electron chi connectivity index (χ1n) is 5.98. The summed E-state index contributed by atoms with van der Waals surface area (Å²) in [5.41, 5.74) is -0.906. The molecular weight excluding hydrogens is 222 g/mol. The van der Waals surface area contributed by atoms with E-state index in [0.29, 0.717) is 19.6 Å². The van der Waals surface area contributed by atoms with E-state index in [1.807, 2.05) is 0 Å². The van der Waals surface area contributed by atoms with Crippen LogP contribution in [0.4, 0.5) is 4.79 Å². The molecule has 0 radical (unpaired) electrons. The number of amides is 2. The van der Waals surface area contributed by atoms with Gasteiger partial charge in [0.15, 0.2) is 0 Å². The normalized spacial score (nSPS) is 23.5. The summed E-state index contributed by atoms with van der Waals surface area (Å²) in [6.07, 6.45) is 1.36. The third-order valence-corrected chi connectivity index (χ3v) is 3.20. The smallest absolute Gasteiger partial charge is 0.417 e. The van der Waals surface area contributed by atoms with E-state index in [2.05, 4.69) is 0 Å². The number of ether oxygens (including phenoxy) is 2. The Kier molecular flexibility index (Phi) is 2.89. The van der Waals surface area contributed by atoms with E-state index in [1.54, 1.807) is 20.8 Å². The molecule has 0 saturated carbocycles. The van der Waals surface area contributed by atoms with Crippen molar-refractivity contribution in [3.05, 3.63) is 0 Å². The molecular formula is C12H19NO4. The van der Waals surface area contributed by atoms with Gasteiger partial charge < -0.3 is 9.47 Å². The molecule has 0 unspecified atom stereocenters. The number of likely N-dealkylation sites (tertiary alicyclic amines) is 1. The Morgan fingerprint density at radius 3 is 2.41 bits per heavy atom. The fourth-order valence-corrected chi connectivity index (χ4v) is 2.37. The maximum atomic E-state index is 12.0. The number of imide groups is 1. The molecule has 2 amide bonds. The summed E-state index contributed by atoms with van der Waals surface area (Å²) in [5, 5.41) is 0. The summed E-state index contributed by atoms with van der Waals surface area (Å²) in [7, 11) is 0. The van der Waals surface area contributed by atoms with Crippen molar-refractivity contribution in [1.29, 1.82) is 0 Å². The Bertz CT molecular complexity index is 339. The standard InChI is InChI=1S/C12H19NO4/c1-11(2,3)17-10(15)13-9(14)8-12(13)4-6-16-7-5-12/h4-8H2,1-3H3. The lowest BCUT2D eigenvalue weighted by Gasteiger charge is -2.52. The van der Waals surface area contributed by atoms with Crippen LogP contribution in [0.1, 0.15) is 40.0 Å². The molecule has 2 aliphatic heterocycles. The molecule has 0 aromatic carbocycles. The zero-order valence-corrected chi connectivity index (χ0v) is 10.6. The third-order valence-electron chi connectivity index (χ3n) is 3.20.